The van der Waals surface area contributed by atoms with Crippen LogP contribution in [0.2, 0.25) is 0 Å². The van der Waals surface area contributed by atoms with E-state index in [0.717, 1.165) is 27.8 Å². The molecule has 3 atom stereocenters. The zero-order chi connectivity index (χ0) is 29.4. The maximum Gasteiger partial charge on any atom is 0.407 e. The number of rotatable bonds is 13. The molecule has 0 saturated carbocycles. The summed E-state index contributed by atoms with van der Waals surface area (Å²) in [5.41, 5.74) is 3.52. The highest BCUT2D eigenvalue weighted by Gasteiger charge is 2.42. The van der Waals surface area contributed by atoms with E-state index in [2.05, 4.69) is 10.6 Å². The Bertz CT molecular complexity index is 1320. The first-order valence-corrected chi connectivity index (χ1v) is 13.6. The van der Waals surface area contributed by atoms with Gasteiger partial charge in [0.25, 0.3) is 0 Å². The van der Waals surface area contributed by atoms with E-state index in [1.807, 2.05) is 78.9 Å². The highest BCUT2D eigenvalue weighted by atomic mass is 16.5. The van der Waals surface area contributed by atoms with Crippen LogP contribution in [0.3, 0.4) is 0 Å². The number of carboxylic acids is 1. The highest BCUT2D eigenvalue weighted by molar-refractivity contribution is 5.92. The topological polar surface area (TPSA) is 123 Å². The number of hydrogen-bond donors (Lipinski definition) is 3. The van der Waals surface area contributed by atoms with Crippen LogP contribution in [-0.2, 0) is 30.4 Å². The van der Waals surface area contributed by atoms with Crippen LogP contribution in [0.4, 0.5) is 4.79 Å². The van der Waals surface area contributed by atoms with Gasteiger partial charge in [-0.1, -0.05) is 85.8 Å². The van der Waals surface area contributed by atoms with Gasteiger partial charge in [-0.3, -0.25) is 4.79 Å². The van der Waals surface area contributed by atoms with E-state index in [-0.39, 0.29) is 32.2 Å². The van der Waals surface area contributed by atoms with Crippen molar-refractivity contribution in [3.63, 3.8) is 0 Å². The van der Waals surface area contributed by atoms with E-state index < -0.39 is 35.7 Å². The Hall–Kier alpha value is -4.21. The number of carbonyl (C=O) groups excluding carboxylic acids is 2. The van der Waals surface area contributed by atoms with Crippen molar-refractivity contribution in [1.29, 1.82) is 0 Å². The van der Waals surface area contributed by atoms with Gasteiger partial charge in [-0.15, -0.1) is 0 Å². The van der Waals surface area contributed by atoms with Gasteiger partial charge in [0.05, 0.1) is 19.3 Å². The molecule has 3 unspecified atom stereocenters. The Morgan fingerprint density at radius 3 is 2.07 bits per heavy atom. The van der Waals surface area contributed by atoms with Crippen LogP contribution in [-0.4, -0.2) is 61.1 Å². The van der Waals surface area contributed by atoms with Gasteiger partial charge in [0.1, 0.15) is 12.6 Å². The lowest BCUT2D eigenvalue weighted by Gasteiger charge is -2.32. The quantitative estimate of drug-likeness (QED) is 0.281. The van der Waals surface area contributed by atoms with Crippen molar-refractivity contribution in [3.05, 3.63) is 95.6 Å². The summed E-state index contributed by atoms with van der Waals surface area (Å²) in [5, 5.41) is 15.1. The summed E-state index contributed by atoms with van der Waals surface area (Å²) in [6.07, 6.45) is -1.56. The van der Waals surface area contributed by atoms with Gasteiger partial charge in [-0.25, -0.2) is 9.59 Å². The number of aliphatic carboxylic acids is 1. The molecule has 0 aliphatic heterocycles. The standard InChI is InChI=1S/C32H36N2O7/c1-4-32(20-39-3,30(36)37)34-29(35)28(21(2)40-18-22-12-6-5-7-13-22)33-31(38)41-19-27-25-16-10-8-14-23(25)24-15-9-11-17-26(24)27/h5-17,21,27-28H,4,18-20H2,1-3H3,(H,33,38)(H,34,35)(H,36,37). The molecule has 1 aliphatic carbocycles. The highest BCUT2D eigenvalue weighted by Crippen LogP contribution is 2.44. The van der Waals surface area contributed by atoms with Crippen molar-refractivity contribution in [2.45, 2.75) is 50.5 Å². The molecule has 4 rings (SSSR count). The summed E-state index contributed by atoms with van der Waals surface area (Å²) in [4.78, 5) is 38.7. The average molecular weight is 561 g/mol. The number of alkyl carbamates (subject to hydrolysis) is 1. The fourth-order valence-corrected chi connectivity index (χ4v) is 5.11. The van der Waals surface area contributed by atoms with Crippen molar-refractivity contribution >= 4 is 18.0 Å². The lowest BCUT2D eigenvalue weighted by atomic mass is 9.96. The van der Waals surface area contributed by atoms with Gasteiger partial charge in [0.15, 0.2) is 5.54 Å². The first-order chi connectivity index (χ1) is 19.8. The number of methoxy groups -OCH3 is 1. The Kier molecular flexibility index (Phi) is 9.75. The molecule has 0 heterocycles. The summed E-state index contributed by atoms with van der Waals surface area (Å²) in [7, 11) is 1.36. The van der Waals surface area contributed by atoms with Crippen LogP contribution in [0.25, 0.3) is 11.1 Å². The summed E-state index contributed by atoms with van der Waals surface area (Å²) in [5.74, 6) is -2.12. The average Bonchev–Trinajstić information content (AvgIpc) is 3.31. The zero-order valence-corrected chi connectivity index (χ0v) is 23.5. The Morgan fingerprint density at radius 2 is 1.51 bits per heavy atom. The number of fused-ring (bicyclic) bond motifs is 3. The zero-order valence-electron chi connectivity index (χ0n) is 23.5. The second-order valence-corrected chi connectivity index (χ2v) is 10.1. The number of ether oxygens (including phenoxy) is 3. The van der Waals surface area contributed by atoms with E-state index in [0.29, 0.717) is 0 Å². The lowest BCUT2D eigenvalue weighted by molar-refractivity contribution is -0.151. The number of nitrogens with one attached hydrogen (secondary N) is 2. The fourth-order valence-electron chi connectivity index (χ4n) is 5.11. The molecule has 216 valence electrons. The minimum Gasteiger partial charge on any atom is -0.479 e. The Labute approximate surface area is 239 Å². The van der Waals surface area contributed by atoms with Gasteiger partial charge in [-0.05, 0) is 41.2 Å². The number of carboxylic acid groups (broad SMARTS) is 1. The molecular weight excluding hydrogens is 524 g/mol. The van der Waals surface area contributed by atoms with E-state index in [1.165, 1.54) is 7.11 Å². The first kappa shape index (κ1) is 29.8. The van der Waals surface area contributed by atoms with Gasteiger partial charge in [-0.2, -0.15) is 0 Å². The van der Waals surface area contributed by atoms with Crippen molar-refractivity contribution in [3.8, 4) is 11.1 Å². The minimum atomic E-state index is -1.67. The molecule has 41 heavy (non-hydrogen) atoms. The van der Waals surface area contributed by atoms with Crippen molar-refractivity contribution in [2.75, 3.05) is 20.3 Å². The number of hydrogen-bond acceptors (Lipinski definition) is 6. The van der Waals surface area contributed by atoms with E-state index in [4.69, 9.17) is 14.2 Å². The summed E-state index contributed by atoms with van der Waals surface area (Å²) < 4.78 is 16.7. The first-order valence-electron chi connectivity index (χ1n) is 13.6. The molecular formula is C32H36N2O7. The largest absolute Gasteiger partial charge is 0.479 e. The predicted molar refractivity (Wildman–Crippen MR) is 153 cm³/mol. The van der Waals surface area contributed by atoms with Crippen molar-refractivity contribution < 1.29 is 33.7 Å². The van der Waals surface area contributed by atoms with E-state index >= 15 is 0 Å². The number of carbonyl (C=O) groups is 3. The second kappa shape index (κ2) is 13.4. The minimum absolute atomic E-state index is 0.0607. The predicted octanol–water partition coefficient (Wildman–Crippen LogP) is 4.50. The molecule has 3 aromatic carbocycles. The lowest BCUT2D eigenvalue weighted by Crippen LogP contribution is -2.63. The molecule has 0 radical (unpaired) electrons. The van der Waals surface area contributed by atoms with Gasteiger partial charge < -0.3 is 30.0 Å². The van der Waals surface area contributed by atoms with Gasteiger partial charge in [0, 0.05) is 13.0 Å². The van der Waals surface area contributed by atoms with Crippen molar-refractivity contribution in [1.82, 2.24) is 10.6 Å². The molecule has 2 amide bonds. The SMILES string of the molecule is CCC(COC)(NC(=O)C(NC(=O)OCC1c2ccccc2-c2ccccc21)C(C)OCc1ccccc1)C(=O)O. The number of amides is 2. The normalized spacial score (nSPS) is 15.1. The maximum atomic E-state index is 13.5. The number of benzene rings is 3. The van der Waals surface area contributed by atoms with Crippen LogP contribution >= 0.6 is 0 Å². The van der Waals surface area contributed by atoms with Crippen LogP contribution in [0.5, 0.6) is 0 Å². The monoisotopic (exact) mass is 560 g/mol. The van der Waals surface area contributed by atoms with Crippen LogP contribution < -0.4 is 10.6 Å². The molecule has 0 saturated heterocycles. The Morgan fingerprint density at radius 1 is 0.927 bits per heavy atom. The third-order valence-electron chi connectivity index (χ3n) is 7.49. The van der Waals surface area contributed by atoms with Gasteiger partial charge in [0.2, 0.25) is 5.91 Å². The van der Waals surface area contributed by atoms with Crippen molar-refractivity contribution in [2.24, 2.45) is 0 Å². The molecule has 0 bridgehead atoms. The summed E-state index contributed by atoms with van der Waals surface area (Å²) >= 11 is 0. The Balaban J connectivity index is 1.49. The molecule has 9 heteroatoms. The van der Waals surface area contributed by atoms with Crippen LogP contribution in [0, 0.1) is 0 Å². The molecule has 3 N–H and O–H groups in total. The molecule has 0 aromatic heterocycles. The molecule has 1 aliphatic rings. The third kappa shape index (κ3) is 6.75. The third-order valence-corrected chi connectivity index (χ3v) is 7.49. The fraction of sp³-hybridized carbons (Fsp3) is 0.344. The van der Waals surface area contributed by atoms with E-state index in [9.17, 15) is 19.5 Å². The van der Waals surface area contributed by atoms with E-state index in [1.54, 1.807) is 13.8 Å². The summed E-state index contributed by atoms with van der Waals surface area (Å²) in [6, 6.07) is 24.1. The molecule has 0 spiro atoms. The molecule has 0 fully saturated rings. The second-order valence-electron chi connectivity index (χ2n) is 10.1. The van der Waals surface area contributed by atoms with Gasteiger partial charge >= 0.3 is 12.1 Å². The summed E-state index contributed by atoms with van der Waals surface area (Å²) in [6.45, 7) is 3.28. The smallest absolute Gasteiger partial charge is 0.407 e. The molecule has 9 nitrogen and oxygen atoms in total. The van der Waals surface area contributed by atoms with Crippen LogP contribution in [0.1, 0.15) is 42.9 Å². The molecule has 3 aromatic rings. The maximum absolute atomic E-state index is 13.5. The van der Waals surface area contributed by atoms with Crippen LogP contribution in [0.15, 0.2) is 78.9 Å².